The summed E-state index contributed by atoms with van der Waals surface area (Å²) in [6.45, 7) is 2.16. The second-order valence-corrected chi connectivity index (χ2v) is 8.22. The Morgan fingerprint density at radius 2 is 1.86 bits per heavy atom. The molecule has 0 aromatic carbocycles. The van der Waals surface area contributed by atoms with Gasteiger partial charge in [0.25, 0.3) is 0 Å². The largest absolute Gasteiger partial charge is 0.336 e. The molecule has 0 unspecified atom stereocenters. The van der Waals surface area contributed by atoms with Crippen molar-refractivity contribution in [2.75, 3.05) is 25.9 Å². The van der Waals surface area contributed by atoms with Crippen molar-refractivity contribution < 1.29 is 13.2 Å². The Bertz CT molecular complexity index is 652. The third-order valence-corrected chi connectivity index (χ3v) is 6.13. The lowest BCUT2D eigenvalue weighted by Gasteiger charge is -2.36. The molecule has 6 nitrogen and oxygen atoms in total. The lowest BCUT2D eigenvalue weighted by Crippen LogP contribution is -2.46. The van der Waals surface area contributed by atoms with Crippen LogP contribution in [-0.2, 0) is 21.4 Å². The molecule has 1 aromatic rings. The van der Waals surface area contributed by atoms with E-state index in [-0.39, 0.29) is 11.3 Å². The molecule has 2 fully saturated rings. The van der Waals surface area contributed by atoms with Crippen LogP contribution in [0.1, 0.15) is 25.0 Å². The van der Waals surface area contributed by atoms with Gasteiger partial charge in [-0.1, -0.05) is 6.07 Å². The zero-order valence-electron chi connectivity index (χ0n) is 12.7. The van der Waals surface area contributed by atoms with E-state index in [4.69, 9.17) is 0 Å². The average Bonchev–Trinajstić information content (AvgIpc) is 2.78. The molecule has 1 amide bonds. The summed E-state index contributed by atoms with van der Waals surface area (Å²) in [5, 5.41) is 0. The van der Waals surface area contributed by atoms with Crippen molar-refractivity contribution >= 4 is 15.9 Å². The van der Waals surface area contributed by atoms with Gasteiger partial charge < -0.3 is 4.90 Å². The number of piperidine rings is 1. The molecule has 2 aliphatic heterocycles. The smallest absolute Gasteiger partial charge is 0.229 e. The Kier molecular flexibility index (Phi) is 3.94. The average molecular weight is 323 g/mol. The summed E-state index contributed by atoms with van der Waals surface area (Å²) < 4.78 is 24.7. The summed E-state index contributed by atoms with van der Waals surface area (Å²) in [5.74, 6) is 0.159. The van der Waals surface area contributed by atoms with Gasteiger partial charge in [0, 0.05) is 25.8 Å². The number of rotatable bonds is 3. The second-order valence-electron chi connectivity index (χ2n) is 6.24. The lowest BCUT2D eigenvalue weighted by molar-refractivity contribution is -0.138. The normalized spacial score (nSPS) is 22.4. The number of hydrogen-bond acceptors (Lipinski definition) is 4. The minimum Gasteiger partial charge on any atom is -0.336 e. The van der Waals surface area contributed by atoms with Gasteiger partial charge in [0.1, 0.15) is 0 Å². The van der Waals surface area contributed by atoms with E-state index in [2.05, 4.69) is 4.98 Å². The van der Waals surface area contributed by atoms with Crippen molar-refractivity contribution in [2.24, 2.45) is 5.41 Å². The first-order valence-corrected chi connectivity index (χ1v) is 9.40. The van der Waals surface area contributed by atoms with Crippen LogP contribution in [0.4, 0.5) is 0 Å². The number of hydrogen-bond donors (Lipinski definition) is 0. The van der Waals surface area contributed by atoms with Gasteiger partial charge in [0.2, 0.25) is 15.9 Å². The molecule has 1 aromatic heterocycles. The number of nitrogens with zero attached hydrogens (tertiary/aromatic N) is 3. The van der Waals surface area contributed by atoms with Gasteiger partial charge >= 0.3 is 0 Å². The first-order valence-electron chi connectivity index (χ1n) is 7.55. The molecule has 2 aliphatic rings. The van der Waals surface area contributed by atoms with Gasteiger partial charge in [0.15, 0.2) is 0 Å². The first kappa shape index (κ1) is 15.4. The Hall–Kier alpha value is -1.47. The van der Waals surface area contributed by atoms with Crippen molar-refractivity contribution in [1.29, 1.82) is 0 Å². The summed E-state index contributed by atoms with van der Waals surface area (Å²) in [7, 11) is -3.15. The van der Waals surface area contributed by atoms with E-state index < -0.39 is 10.0 Å². The molecule has 7 heteroatoms. The maximum Gasteiger partial charge on any atom is 0.229 e. The van der Waals surface area contributed by atoms with E-state index in [1.165, 1.54) is 10.6 Å². The highest BCUT2D eigenvalue weighted by atomic mass is 32.2. The molecule has 3 rings (SSSR count). The number of carbonyl (C=O) groups excluding carboxylic acids is 1. The van der Waals surface area contributed by atoms with Crippen LogP contribution >= 0.6 is 0 Å². The third-order valence-electron chi connectivity index (χ3n) is 4.83. The summed E-state index contributed by atoms with van der Waals surface area (Å²) in [4.78, 5) is 18.9. The summed E-state index contributed by atoms with van der Waals surface area (Å²) >= 11 is 0. The quantitative estimate of drug-likeness (QED) is 0.827. The predicted molar refractivity (Wildman–Crippen MR) is 82.4 cm³/mol. The second kappa shape index (κ2) is 5.62. The highest BCUT2D eigenvalue weighted by Crippen LogP contribution is 2.42. The van der Waals surface area contributed by atoms with Crippen molar-refractivity contribution in [2.45, 2.75) is 25.8 Å². The number of carbonyl (C=O) groups is 1. The molecule has 0 saturated carbocycles. The molecule has 120 valence electrons. The van der Waals surface area contributed by atoms with Crippen LogP contribution in [0.3, 0.4) is 0 Å². The van der Waals surface area contributed by atoms with Gasteiger partial charge in [-0.15, -0.1) is 0 Å². The number of pyridine rings is 1. The molecule has 2 saturated heterocycles. The molecular formula is C15H21N3O3S. The van der Waals surface area contributed by atoms with Crippen LogP contribution < -0.4 is 0 Å². The highest BCUT2D eigenvalue weighted by molar-refractivity contribution is 7.88. The minimum atomic E-state index is -3.15. The van der Waals surface area contributed by atoms with E-state index in [0.29, 0.717) is 32.5 Å². The topological polar surface area (TPSA) is 70.6 Å². The van der Waals surface area contributed by atoms with Crippen molar-refractivity contribution in [3.05, 3.63) is 30.1 Å². The van der Waals surface area contributed by atoms with Crippen LogP contribution in [0, 0.1) is 5.41 Å². The number of amides is 1. The zero-order valence-corrected chi connectivity index (χ0v) is 13.6. The Labute approximate surface area is 131 Å². The maximum absolute atomic E-state index is 12.8. The SMILES string of the molecule is CS(=O)(=O)N1CCC2(CCN(Cc3ccccn3)C2=O)CC1. The summed E-state index contributed by atoms with van der Waals surface area (Å²) in [5.41, 5.74) is 0.525. The van der Waals surface area contributed by atoms with Crippen LogP contribution in [0.25, 0.3) is 0 Å². The Balaban J connectivity index is 1.67. The van der Waals surface area contributed by atoms with Crippen molar-refractivity contribution in [3.63, 3.8) is 0 Å². The van der Waals surface area contributed by atoms with Crippen molar-refractivity contribution in [3.8, 4) is 0 Å². The molecule has 0 N–H and O–H groups in total. The zero-order chi connectivity index (χ0) is 15.8. The van der Waals surface area contributed by atoms with Gasteiger partial charge in [0.05, 0.1) is 23.9 Å². The molecule has 3 heterocycles. The first-order chi connectivity index (χ1) is 10.4. The number of aromatic nitrogens is 1. The van der Waals surface area contributed by atoms with Crippen LogP contribution in [0.5, 0.6) is 0 Å². The van der Waals surface area contributed by atoms with E-state index in [0.717, 1.165) is 18.7 Å². The van der Waals surface area contributed by atoms with Crippen LogP contribution in [0.2, 0.25) is 0 Å². The minimum absolute atomic E-state index is 0.159. The molecular weight excluding hydrogens is 302 g/mol. The van der Waals surface area contributed by atoms with Gasteiger partial charge in [-0.25, -0.2) is 12.7 Å². The molecule has 22 heavy (non-hydrogen) atoms. The van der Waals surface area contributed by atoms with E-state index in [1.807, 2.05) is 23.1 Å². The predicted octanol–water partition coefficient (Wildman–Crippen LogP) is 0.856. The molecule has 0 atom stereocenters. The standard InChI is InChI=1S/C15H21N3O3S/c1-22(20,21)18-10-6-15(7-11-18)5-9-17(14(15)19)12-13-4-2-3-8-16-13/h2-4,8H,5-7,9-12H2,1H3. The fourth-order valence-corrected chi connectivity index (χ4v) is 4.29. The lowest BCUT2D eigenvalue weighted by atomic mass is 9.77. The molecule has 1 spiro atoms. The highest BCUT2D eigenvalue weighted by Gasteiger charge is 2.48. The molecule has 0 aliphatic carbocycles. The molecule has 0 radical (unpaired) electrons. The summed E-state index contributed by atoms with van der Waals surface area (Å²) in [6, 6.07) is 5.70. The maximum atomic E-state index is 12.8. The van der Waals surface area contributed by atoms with Gasteiger partial charge in [-0.05, 0) is 31.4 Å². The fraction of sp³-hybridized carbons (Fsp3) is 0.600. The summed E-state index contributed by atoms with van der Waals surface area (Å²) in [6.07, 6.45) is 5.02. The number of likely N-dealkylation sites (tertiary alicyclic amines) is 1. The Morgan fingerprint density at radius 3 is 2.45 bits per heavy atom. The van der Waals surface area contributed by atoms with E-state index >= 15 is 0 Å². The van der Waals surface area contributed by atoms with Gasteiger partial charge in [-0.3, -0.25) is 9.78 Å². The monoisotopic (exact) mass is 323 g/mol. The van der Waals surface area contributed by atoms with E-state index in [1.54, 1.807) is 6.20 Å². The van der Waals surface area contributed by atoms with Gasteiger partial charge in [-0.2, -0.15) is 0 Å². The fourth-order valence-electron chi connectivity index (χ4n) is 3.44. The van der Waals surface area contributed by atoms with Crippen LogP contribution in [0.15, 0.2) is 24.4 Å². The van der Waals surface area contributed by atoms with Crippen LogP contribution in [-0.4, -0.2) is 54.4 Å². The van der Waals surface area contributed by atoms with Crippen molar-refractivity contribution in [1.82, 2.24) is 14.2 Å². The third kappa shape index (κ3) is 2.87. The van der Waals surface area contributed by atoms with E-state index in [9.17, 15) is 13.2 Å². The number of sulfonamides is 1. The molecule has 0 bridgehead atoms. The Morgan fingerprint density at radius 1 is 1.18 bits per heavy atom.